The largest absolute Gasteiger partial charge is 0.484 e. The van der Waals surface area contributed by atoms with Gasteiger partial charge in [-0.25, -0.2) is 0 Å². The molecule has 2 atom stereocenters. The summed E-state index contributed by atoms with van der Waals surface area (Å²) in [5, 5.41) is 4.74. The Morgan fingerprint density at radius 2 is 1.93 bits per heavy atom. The second-order valence-corrected chi connectivity index (χ2v) is 9.48. The third-order valence-corrected chi connectivity index (χ3v) is 7.17. The predicted octanol–water partition coefficient (Wildman–Crippen LogP) is 6.05. The molecule has 162 valence electrons. The highest BCUT2D eigenvalue weighted by molar-refractivity contribution is 6.35. The third kappa shape index (κ3) is 5.04. The van der Waals surface area contributed by atoms with E-state index in [1.54, 1.807) is 6.07 Å². The van der Waals surface area contributed by atoms with Crippen molar-refractivity contribution in [2.24, 2.45) is 11.8 Å². The number of nitrogens with one attached hydrogen (secondary N) is 1. The highest BCUT2D eigenvalue weighted by Gasteiger charge is 2.28. The number of nitrogens with zero attached hydrogens (tertiary/aromatic N) is 2. The van der Waals surface area contributed by atoms with Crippen LogP contribution >= 0.6 is 23.2 Å². The third-order valence-electron chi connectivity index (χ3n) is 6.60. The van der Waals surface area contributed by atoms with Gasteiger partial charge in [0, 0.05) is 34.8 Å². The van der Waals surface area contributed by atoms with E-state index in [9.17, 15) is 0 Å². The van der Waals surface area contributed by atoms with E-state index in [2.05, 4.69) is 21.3 Å². The molecule has 0 radical (unpaired) electrons. The lowest BCUT2D eigenvalue weighted by Crippen LogP contribution is -2.41. The maximum atomic E-state index is 6.38. The Morgan fingerprint density at radius 3 is 2.70 bits per heavy atom. The molecular formula is C24H31Cl2N3O. The van der Waals surface area contributed by atoms with Crippen LogP contribution in [-0.4, -0.2) is 31.2 Å². The molecular weight excluding hydrogens is 417 g/mol. The fourth-order valence-electron chi connectivity index (χ4n) is 4.82. The minimum absolute atomic E-state index is 0.186. The molecule has 0 saturated carbocycles. The van der Waals surface area contributed by atoms with Gasteiger partial charge in [-0.3, -0.25) is 4.98 Å². The van der Waals surface area contributed by atoms with Gasteiger partial charge in [0.05, 0.1) is 17.6 Å². The Labute approximate surface area is 189 Å². The molecule has 1 aromatic carbocycles. The smallest absolute Gasteiger partial charge is 0.143 e. The summed E-state index contributed by atoms with van der Waals surface area (Å²) in [4.78, 5) is 7.14. The van der Waals surface area contributed by atoms with Gasteiger partial charge in [0.2, 0.25) is 0 Å². The number of aryl methyl sites for hydroxylation is 1. The van der Waals surface area contributed by atoms with Crippen molar-refractivity contribution in [2.45, 2.75) is 45.6 Å². The molecule has 30 heavy (non-hydrogen) atoms. The molecule has 1 aromatic heterocycles. The number of halogens is 2. The van der Waals surface area contributed by atoms with Gasteiger partial charge in [0.25, 0.3) is 0 Å². The molecule has 2 aliphatic heterocycles. The Kier molecular flexibility index (Phi) is 7.07. The summed E-state index contributed by atoms with van der Waals surface area (Å²) < 4.78 is 6.30. The molecule has 4 nitrogen and oxygen atoms in total. The summed E-state index contributed by atoms with van der Waals surface area (Å²) in [7, 11) is 0. The van der Waals surface area contributed by atoms with Crippen LogP contribution in [0.4, 0.5) is 5.69 Å². The molecule has 6 heteroatoms. The van der Waals surface area contributed by atoms with Gasteiger partial charge in [0.1, 0.15) is 11.9 Å². The summed E-state index contributed by atoms with van der Waals surface area (Å²) >= 11 is 12.4. The monoisotopic (exact) mass is 447 g/mol. The van der Waals surface area contributed by atoms with Crippen molar-refractivity contribution in [1.29, 1.82) is 0 Å². The van der Waals surface area contributed by atoms with Crippen molar-refractivity contribution in [3.05, 3.63) is 51.8 Å². The number of benzene rings is 1. The quantitative estimate of drug-likeness (QED) is 0.604. The van der Waals surface area contributed by atoms with Crippen molar-refractivity contribution < 1.29 is 4.74 Å². The number of hydrogen-bond donors (Lipinski definition) is 1. The van der Waals surface area contributed by atoms with E-state index in [1.807, 2.05) is 32.2 Å². The Morgan fingerprint density at radius 1 is 1.13 bits per heavy atom. The Bertz CT molecular complexity index is 870. The second-order valence-electron chi connectivity index (χ2n) is 8.64. The predicted molar refractivity (Wildman–Crippen MR) is 125 cm³/mol. The molecule has 2 saturated heterocycles. The molecule has 2 aromatic rings. The van der Waals surface area contributed by atoms with Crippen LogP contribution in [0.1, 0.15) is 50.0 Å². The van der Waals surface area contributed by atoms with Gasteiger partial charge in [-0.15, -0.1) is 0 Å². The summed E-state index contributed by atoms with van der Waals surface area (Å²) in [6.07, 6.45) is 7.00. The molecule has 1 unspecified atom stereocenters. The van der Waals surface area contributed by atoms with E-state index in [1.165, 1.54) is 25.7 Å². The number of pyridine rings is 1. The van der Waals surface area contributed by atoms with Crippen LogP contribution in [-0.2, 0) is 0 Å². The first-order valence-corrected chi connectivity index (χ1v) is 11.8. The molecule has 0 spiro atoms. The van der Waals surface area contributed by atoms with Crippen molar-refractivity contribution in [2.75, 3.05) is 31.1 Å². The molecule has 2 fully saturated rings. The van der Waals surface area contributed by atoms with Gasteiger partial charge in [-0.2, -0.15) is 0 Å². The number of hydrogen-bond acceptors (Lipinski definition) is 4. The average molecular weight is 448 g/mol. The highest BCUT2D eigenvalue weighted by Crippen LogP contribution is 2.35. The zero-order valence-corrected chi connectivity index (χ0v) is 19.3. The van der Waals surface area contributed by atoms with Gasteiger partial charge in [0.15, 0.2) is 0 Å². The first-order valence-electron chi connectivity index (χ1n) is 11.0. The second kappa shape index (κ2) is 9.76. The molecule has 4 rings (SSSR count). The standard InChI is InChI=1S/C24H31Cl2N3O/c1-16-24(30-17(2)22-6-5-20(25)12-23(22)26)13-21(14-28-16)29-11-3-4-19(15-29)18-7-9-27-10-8-18/h5-6,12-14,17-19,27H,3-4,7-11,15H2,1-2H3/t17-,19?/m1/s1. The Balaban J connectivity index is 1.48. The number of ether oxygens (including phenoxy) is 1. The van der Waals surface area contributed by atoms with E-state index in [0.717, 1.165) is 60.7 Å². The fraction of sp³-hybridized carbons (Fsp3) is 0.542. The lowest BCUT2D eigenvalue weighted by atomic mass is 9.80. The first-order chi connectivity index (χ1) is 14.5. The van der Waals surface area contributed by atoms with E-state index in [-0.39, 0.29) is 6.10 Å². The number of piperidine rings is 2. The van der Waals surface area contributed by atoms with E-state index < -0.39 is 0 Å². The summed E-state index contributed by atoms with van der Waals surface area (Å²) in [6.45, 7) is 8.53. The fourth-order valence-corrected chi connectivity index (χ4v) is 5.39. The minimum Gasteiger partial charge on any atom is -0.484 e. The molecule has 0 aliphatic carbocycles. The van der Waals surface area contributed by atoms with Crippen LogP contribution in [0.2, 0.25) is 10.0 Å². The number of anilines is 1. The number of rotatable bonds is 5. The molecule has 1 N–H and O–H groups in total. The topological polar surface area (TPSA) is 37.4 Å². The minimum atomic E-state index is -0.186. The van der Waals surface area contributed by atoms with Crippen molar-refractivity contribution in [3.63, 3.8) is 0 Å². The maximum Gasteiger partial charge on any atom is 0.143 e. The van der Waals surface area contributed by atoms with E-state index >= 15 is 0 Å². The summed E-state index contributed by atoms with van der Waals surface area (Å²) in [5.74, 6) is 2.43. The van der Waals surface area contributed by atoms with E-state index in [0.29, 0.717) is 10.0 Å². The molecule has 2 aliphatic rings. The van der Waals surface area contributed by atoms with Gasteiger partial charge < -0.3 is 15.0 Å². The molecule has 0 bridgehead atoms. The van der Waals surface area contributed by atoms with Crippen molar-refractivity contribution >= 4 is 28.9 Å². The zero-order chi connectivity index (χ0) is 21.1. The maximum absolute atomic E-state index is 6.38. The van der Waals surface area contributed by atoms with Crippen LogP contribution < -0.4 is 15.0 Å². The number of aromatic nitrogens is 1. The first kappa shape index (κ1) is 21.7. The SMILES string of the molecule is Cc1ncc(N2CCCC(C3CCNCC3)C2)cc1O[C@H](C)c1ccc(Cl)cc1Cl. The highest BCUT2D eigenvalue weighted by atomic mass is 35.5. The normalized spacial score (nSPS) is 21.5. The van der Waals surface area contributed by atoms with Crippen LogP contribution in [0.25, 0.3) is 0 Å². The van der Waals surface area contributed by atoms with Gasteiger partial charge >= 0.3 is 0 Å². The van der Waals surface area contributed by atoms with Crippen LogP contribution in [0, 0.1) is 18.8 Å². The zero-order valence-electron chi connectivity index (χ0n) is 17.8. The van der Waals surface area contributed by atoms with Crippen molar-refractivity contribution in [3.8, 4) is 5.75 Å². The van der Waals surface area contributed by atoms with Gasteiger partial charge in [-0.1, -0.05) is 29.3 Å². The Hall–Kier alpha value is -1.49. The van der Waals surface area contributed by atoms with Crippen molar-refractivity contribution in [1.82, 2.24) is 10.3 Å². The molecule has 3 heterocycles. The van der Waals surface area contributed by atoms with E-state index in [4.69, 9.17) is 27.9 Å². The van der Waals surface area contributed by atoms with Crippen LogP contribution in [0.15, 0.2) is 30.5 Å². The van der Waals surface area contributed by atoms with Crippen LogP contribution in [0.5, 0.6) is 5.75 Å². The molecule has 0 amide bonds. The van der Waals surface area contributed by atoms with Gasteiger partial charge in [-0.05, 0) is 76.6 Å². The summed E-state index contributed by atoms with van der Waals surface area (Å²) in [5.41, 5.74) is 2.97. The van der Waals surface area contributed by atoms with Crippen LogP contribution in [0.3, 0.4) is 0 Å². The average Bonchev–Trinajstić information content (AvgIpc) is 2.76. The lowest BCUT2D eigenvalue weighted by molar-refractivity contribution is 0.223. The lowest BCUT2D eigenvalue weighted by Gasteiger charge is -2.39. The summed E-state index contributed by atoms with van der Waals surface area (Å²) in [6, 6.07) is 7.68.